The Hall–Kier alpha value is -4.46. The minimum Gasteiger partial charge on any atom is -2.00 e. The smallest absolute Gasteiger partial charge is 0.469 e. The Kier molecular flexibility index (Phi) is 27.6. The number of aliphatic hydroxyl groups is 4. The maximum Gasteiger partial charge on any atom is 0.469 e. The highest BCUT2D eigenvalue weighted by Gasteiger charge is 2.41. The average Bonchev–Trinajstić information content (AvgIpc) is 2.25. The topological polar surface area (TPSA) is 604 Å². The van der Waals surface area contributed by atoms with Gasteiger partial charge in [-0.25, -0.2) is 37.4 Å². The molecule has 0 unspecified atom stereocenters. The first-order valence-corrected chi connectivity index (χ1v) is 30.2. The highest BCUT2D eigenvalue weighted by atomic mass is 32.1. The molecule has 4 aliphatic heterocycles. The van der Waals surface area contributed by atoms with E-state index >= 15 is 0 Å². The molecule has 0 saturated carbocycles. The van der Waals surface area contributed by atoms with Gasteiger partial charge in [0.2, 0.25) is 0 Å². The van der Waals surface area contributed by atoms with Gasteiger partial charge in [-0.1, -0.05) is 0 Å². The maximum atomic E-state index is 11.7. The van der Waals surface area contributed by atoms with Crippen LogP contribution in [0.3, 0.4) is 0 Å². The highest BCUT2D eigenvalue weighted by molar-refractivity contribution is 7.47. The minimum atomic E-state index is -4.67. The Labute approximate surface area is 493 Å². The number of hydrogen-bond donors (Lipinski definition) is 16. The Balaban J connectivity index is 0.000000298. The molecule has 4 aromatic heterocycles. The molecule has 40 nitrogen and oxygen atoms in total. The van der Waals surface area contributed by atoms with Crippen LogP contribution in [0.25, 0.3) is 0 Å². The average molecular weight is 1350 g/mol. The summed E-state index contributed by atoms with van der Waals surface area (Å²) >= 11 is 0. The largest absolute Gasteiger partial charge is 2.00 e. The van der Waals surface area contributed by atoms with Crippen molar-refractivity contribution in [2.45, 2.75) is 127 Å². The summed E-state index contributed by atoms with van der Waals surface area (Å²) in [6.45, 7) is 3.97. The number of aromatic amines is 4. The Morgan fingerprint density at radius 2 is 0.547 bits per heavy atom. The molecule has 0 bridgehead atoms. The summed E-state index contributed by atoms with van der Waals surface area (Å²) in [5.74, 6) is 0. The Morgan fingerprint density at radius 1 is 0.384 bits per heavy atom. The van der Waals surface area contributed by atoms with Gasteiger partial charge < -0.3 is 106 Å². The second kappa shape index (κ2) is 31.3. The summed E-state index contributed by atoms with van der Waals surface area (Å²) in [6, 6.07) is 0. The van der Waals surface area contributed by atoms with Crippen LogP contribution in [0.1, 0.15) is 72.8 Å². The van der Waals surface area contributed by atoms with Crippen LogP contribution in [0, 0.1) is 27.7 Å². The van der Waals surface area contributed by atoms with Gasteiger partial charge in [-0.3, -0.25) is 75.5 Å². The molecule has 8 heterocycles. The summed E-state index contributed by atoms with van der Waals surface area (Å²) < 4.78 is 85.4. The lowest BCUT2D eigenvalue weighted by Crippen LogP contribution is -2.33. The number of rotatable bonds is 16. The third-order valence-electron chi connectivity index (χ3n) is 12.3. The molecular formula is C40H60N8O32P4S2-4. The molecule has 0 amide bonds. The number of ether oxygens (including phenoxy) is 4. The van der Waals surface area contributed by atoms with Crippen LogP contribution in [-0.2, 0) is 82.3 Å². The SMILES string of the molecule is Cc1cn([C@H]2C[C@H](O)[C@@H](COP(=O)(O)O)O2)c(=O)[nH]c1=O.Cc1cn([C@H]2C[C@H](O)[C@@H](COP(=O)(O)O)O2)c(=O)[nH]c1=O.Cc1cn([C@H]2C[C@H](O)[C@@H](COP(=O)(O)O)O2)c(=O)[nH]c1=O.Cc1cn([C@H]2C[C@H](O)[C@@H](COP(=O)(O)O)O2)c(=O)[nH]c1=O.[S-2].[S-2]. The van der Waals surface area contributed by atoms with Crippen molar-refractivity contribution in [3.05, 3.63) is 130 Å². The van der Waals surface area contributed by atoms with Gasteiger partial charge in [-0.05, 0) is 27.7 Å². The maximum absolute atomic E-state index is 11.7. The van der Waals surface area contributed by atoms with E-state index in [4.69, 9.17) is 58.1 Å². The van der Waals surface area contributed by atoms with Gasteiger partial charge in [0.25, 0.3) is 22.2 Å². The summed E-state index contributed by atoms with van der Waals surface area (Å²) in [4.78, 5) is 169. The van der Waals surface area contributed by atoms with Crippen molar-refractivity contribution in [3.63, 3.8) is 0 Å². The lowest BCUT2D eigenvalue weighted by molar-refractivity contribution is -0.0451. The minimum absolute atomic E-state index is 0. The number of aryl methyl sites for hydroxylation is 4. The molecule has 4 fully saturated rings. The second-order valence-electron chi connectivity index (χ2n) is 18.8. The number of H-pyrrole nitrogens is 4. The van der Waals surface area contributed by atoms with E-state index in [9.17, 15) is 77.0 Å². The van der Waals surface area contributed by atoms with Crippen LogP contribution >= 0.6 is 31.3 Å². The van der Waals surface area contributed by atoms with E-state index in [2.05, 4.69) is 38.0 Å². The Bertz CT molecular complexity index is 3190. The fourth-order valence-electron chi connectivity index (χ4n) is 8.03. The standard InChI is InChI=1S/4C10H15N2O8P.2S/c4*1-5-3-12(10(15)11-9(5)14)8-2-6(13)7(20-8)4-19-21(16,17)18;;/h4*3,6-8,13H,2,4H2,1H3,(H,11,14,15)(H2,16,17,18);;/q;;;;2*-2/t4*6-,7+,8+;;/m0000../s1. The van der Waals surface area contributed by atoms with Crippen LogP contribution in [0.2, 0.25) is 0 Å². The summed E-state index contributed by atoms with van der Waals surface area (Å²) in [7, 11) is -18.7. The number of nitrogens with one attached hydrogen (secondary N) is 4. The molecule has 0 radical (unpaired) electrons. The number of aromatic nitrogens is 8. The zero-order chi connectivity index (χ0) is 63.1. The van der Waals surface area contributed by atoms with Crippen molar-refractivity contribution in [1.29, 1.82) is 0 Å². The third kappa shape index (κ3) is 22.5. The van der Waals surface area contributed by atoms with Crippen LogP contribution in [0.4, 0.5) is 0 Å². The lowest BCUT2D eigenvalue weighted by atomic mass is 10.2. The van der Waals surface area contributed by atoms with E-state index in [1.54, 1.807) is 0 Å². The molecule has 4 aromatic rings. The van der Waals surface area contributed by atoms with Gasteiger partial charge in [0.15, 0.2) is 0 Å². The van der Waals surface area contributed by atoms with Crippen molar-refractivity contribution in [3.8, 4) is 0 Å². The molecule has 86 heavy (non-hydrogen) atoms. The predicted molar refractivity (Wildman–Crippen MR) is 289 cm³/mol. The van der Waals surface area contributed by atoms with Gasteiger partial charge in [-0.2, -0.15) is 0 Å². The van der Waals surface area contributed by atoms with Crippen molar-refractivity contribution >= 4 is 58.3 Å². The number of phosphoric acid groups is 4. The van der Waals surface area contributed by atoms with Crippen molar-refractivity contribution in [2.24, 2.45) is 0 Å². The highest BCUT2D eigenvalue weighted by Crippen LogP contribution is 2.41. The second-order valence-corrected chi connectivity index (χ2v) is 23.7. The number of hydrogen-bond acceptors (Lipinski definition) is 24. The zero-order valence-corrected chi connectivity index (χ0v) is 50.0. The van der Waals surface area contributed by atoms with Crippen molar-refractivity contribution < 1.29 is 115 Å². The van der Waals surface area contributed by atoms with Crippen LogP contribution in [-0.4, -0.2) is 173 Å². The van der Waals surface area contributed by atoms with Gasteiger partial charge in [-0.15, -0.1) is 0 Å². The van der Waals surface area contributed by atoms with Gasteiger partial charge in [0.1, 0.15) is 49.3 Å². The molecule has 46 heteroatoms. The normalized spacial score (nSPS) is 25.6. The summed E-state index contributed by atoms with van der Waals surface area (Å²) in [6.07, 6.45) is -6.27. The summed E-state index contributed by atoms with van der Waals surface area (Å²) in [5.41, 5.74) is -3.67. The fraction of sp³-hybridized carbons (Fsp3) is 0.600. The molecule has 4 aliphatic rings. The van der Waals surface area contributed by atoms with Gasteiger partial charge >= 0.3 is 54.0 Å². The van der Waals surface area contributed by atoms with E-state index in [1.165, 1.54) is 52.5 Å². The first-order chi connectivity index (χ1) is 38.7. The molecule has 0 aromatic carbocycles. The lowest BCUT2D eigenvalue weighted by Gasteiger charge is -2.16. The zero-order valence-electron chi connectivity index (χ0n) is 44.8. The monoisotopic (exact) mass is 1350 g/mol. The molecule has 0 spiro atoms. The number of aliphatic hydroxyl groups excluding tert-OH is 4. The molecule has 4 saturated heterocycles. The molecule has 16 N–H and O–H groups in total. The van der Waals surface area contributed by atoms with E-state index in [0.29, 0.717) is 22.3 Å². The quantitative estimate of drug-likeness (QED) is 0.0465. The third-order valence-corrected chi connectivity index (χ3v) is 14.2. The molecule has 12 atom stereocenters. The van der Waals surface area contributed by atoms with Crippen LogP contribution < -0.4 is 45.0 Å². The number of nitrogens with zero attached hydrogens (tertiary/aromatic N) is 4. The molecule has 8 rings (SSSR count). The van der Waals surface area contributed by atoms with Crippen LogP contribution in [0.15, 0.2) is 63.1 Å². The van der Waals surface area contributed by atoms with E-state index in [0.717, 1.165) is 18.3 Å². The number of phosphoric ester groups is 4. The predicted octanol–water partition coefficient (Wildman–Crippen LogP) is -5.59. The van der Waals surface area contributed by atoms with Crippen molar-refractivity contribution in [1.82, 2.24) is 38.2 Å². The molecular weight excluding hydrogens is 1290 g/mol. The molecule has 488 valence electrons. The van der Waals surface area contributed by atoms with Gasteiger partial charge in [0.05, 0.1) is 50.8 Å². The van der Waals surface area contributed by atoms with Crippen molar-refractivity contribution in [2.75, 3.05) is 26.4 Å². The molecule has 0 aliphatic carbocycles. The Morgan fingerprint density at radius 3 is 0.698 bits per heavy atom. The van der Waals surface area contributed by atoms with E-state index in [-0.39, 0.29) is 52.7 Å². The van der Waals surface area contributed by atoms with Gasteiger partial charge in [0, 0.05) is 72.7 Å². The first kappa shape index (κ1) is 75.8. The first-order valence-electron chi connectivity index (χ1n) is 24.1. The van der Waals surface area contributed by atoms with E-state index < -0.39 is 176 Å². The van der Waals surface area contributed by atoms with Crippen LogP contribution in [0.5, 0.6) is 0 Å². The summed E-state index contributed by atoms with van der Waals surface area (Å²) in [5, 5.41) is 39.1. The fourth-order valence-corrected chi connectivity index (χ4v) is 9.39. The van der Waals surface area contributed by atoms with E-state index in [1.807, 2.05) is 0 Å².